The average molecular weight is 356 g/mol. The normalized spacial score (nSPS) is 17.7. The molecule has 1 atom stereocenters. The summed E-state index contributed by atoms with van der Waals surface area (Å²) in [5, 5.41) is 12.0. The number of hydrogen-bond donors (Lipinski definition) is 1. The third-order valence-electron chi connectivity index (χ3n) is 3.27. The SMILES string of the molecule is O=[N+]([O-])c1ccc(C2CNN(c3c(Cl)cccc3Cl)S2)cc1. The van der Waals surface area contributed by atoms with E-state index in [1.807, 2.05) is 4.41 Å². The number of nitrogens with zero attached hydrogens (tertiary/aromatic N) is 2. The highest BCUT2D eigenvalue weighted by Gasteiger charge is 2.28. The quantitative estimate of drug-likeness (QED) is 0.494. The van der Waals surface area contributed by atoms with Crippen LogP contribution in [0.1, 0.15) is 10.8 Å². The van der Waals surface area contributed by atoms with Crippen LogP contribution in [0.3, 0.4) is 0 Å². The van der Waals surface area contributed by atoms with Gasteiger partial charge < -0.3 is 0 Å². The van der Waals surface area contributed by atoms with Crippen LogP contribution in [0.25, 0.3) is 0 Å². The standard InChI is InChI=1S/C14H11Cl2N3O2S/c15-11-2-1-3-12(16)14(11)18-17-8-13(22-18)9-4-6-10(7-5-9)19(20)21/h1-7,13,17H,8H2. The summed E-state index contributed by atoms with van der Waals surface area (Å²) in [5.74, 6) is 0. The first-order valence-electron chi connectivity index (χ1n) is 6.45. The van der Waals surface area contributed by atoms with Crippen molar-refractivity contribution in [1.82, 2.24) is 5.43 Å². The number of hydrogen-bond acceptors (Lipinski definition) is 5. The lowest BCUT2D eigenvalue weighted by atomic mass is 10.1. The van der Waals surface area contributed by atoms with Gasteiger partial charge in [0, 0.05) is 18.7 Å². The molecule has 1 saturated heterocycles. The number of rotatable bonds is 3. The molecule has 114 valence electrons. The summed E-state index contributed by atoms with van der Waals surface area (Å²) in [7, 11) is 0. The Morgan fingerprint density at radius 2 is 1.82 bits per heavy atom. The van der Waals surface area contributed by atoms with E-state index in [9.17, 15) is 10.1 Å². The molecular weight excluding hydrogens is 345 g/mol. The predicted octanol–water partition coefficient (Wildman–Crippen LogP) is 4.62. The highest BCUT2D eigenvalue weighted by atomic mass is 35.5. The number of nitro groups is 1. The monoisotopic (exact) mass is 355 g/mol. The number of non-ortho nitro benzene ring substituents is 1. The van der Waals surface area contributed by atoms with Crippen LogP contribution >= 0.6 is 35.1 Å². The van der Waals surface area contributed by atoms with Crippen molar-refractivity contribution < 1.29 is 4.92 Å². The van der Waals surface area contributed by atoms with Gasteiger partial charge in [0.2, 0.25) is 0 Å². The van der Waals surface area contributed by atoms with E-state index in [-0.39, 0.29) is 10.9 Å². The predicted molar refractivity (Wildman–Crippen MR) is 90.4 cm³/mol. The Balaban J connectivity index is 1.79. The first-order valence-corrected chi connectivity index (χ1v) is 8.04. The molecule has 0 amide bonds. The molecule has 2 aromatic rings. The topological polar surface area (TPSA) is 58.4 Å². The molecule has 0 saturated carbocycles. The molecule has 1 aliphatic heterocycles. The summed E-state index contributed by atoms with van der Waals surface area (Å²) >= 11 is 14.0. The van der Waals surface area contributed by atoms with Crippen LogP contribution in [0.4, 0.5) is 11.4 Å². The van der Waals surface area contributed by atoms with Crippen molar-refractivity contribution in [3.05, 3.63) is 68.2 Å². The number of hydrazine groups is 1. The van der Waals surface area contributed by atoms with E-state index < -0.39 is 4.92 Å². The average Bonchev–Trinajstić information content (AvgIpc) is 2.97. The second-order valence-electron chi connectivity index (χ2n) is 4.67. The molecule has 8 heteroatoms. The van der Waals surface area contributed by atoms with Gasteiger partial charge in [0.05, 0.1) is 20.2 Å². The van der Waals surface area contributed by atoms with Crippen LogP contribution in [0.15, 0.2) is 42.5 Å². The lowest BCUT2D eigenvalue weighted by Crippen LogP contribution is -2.26. The lowest BCUT2D eigenvalue weighted by Gasteiger charge is -2.19. The zero-order valence-electron chi connectivity index (χ0n) is 11.2. The van der Waals surface area contributed by atoms with Gasteiger partial charge in [-0.3, -0.25) is 10.1 Å². The number of nitro benzene ring substituents is 1. The van der Waals surface area contributed by atoms with Gasteiger partial charge in [0.25, 0.3) is 5.69 Å². The molecule has 0 bridgehead atoms. The van der Waals surface area contributed by atoms with E-state index in [0.29, 0.717) is 16.6 Å². The molecule has 5 nitrogen and oxygen atoms in total. The lowest BCUT2D eigenvalue weighted by molar-refractivity contribution is -0.384. The summed E-state index contributed by atoms with van der Waals surface area (Å²) in [5.41, 5.74) is 5.05. The van der Waals surface area contributed by atoms with Crippen molar-refractivity contribution in [3.63, 3.8) is 0 Å². The van der Waals surface area contributed by atoms with E-state index in [4.69, 9.17) is 23.2 Å². The van der Waals surface area contributed by atoms with Crippen molar-refractivity contribution in [3.8, 4) is 0 Å². The molecule has 1 aliphatic rings. The van der Waals surface area contributed by atoms with Crippen LogP contribution in [-0.2, 0) is 0 Å². The van der Waals surface area contributed by atoms with Crippen LogP contribution in [0, 0.1) is 10.1 Å². The molecule has 0 aromatic heterocycles. The smallest absolute Gasteiger partial charge is 0.258 e. The number of halogens is 2. The van der Waals surface area contributed by atoms with Crippen molar-refractivity contribution in [2.45, 2.75) is 5.25 Å². The van der Waals surface area contributed by atoms with E-state index in [0.717, 1.165) is 11.3 Å². The second-order valence-corrected chi connectivity index (χ2v) is 6.63. The van der Waals surface area contributed by atoms with E-state index >= 15 is 0 Å². The van der Waals surface area contributed by atoms with Gasteiger partial charge in [-0.25, -0.2) is 9.84 Å². The summed E-state index contributed by atoms with van der Waals surface area (Å²) in [6.45, 7) is 0.685. The first kappa shape index (κ1) is 15.4. The van der Waals surface area contributed by atoms with Gasteiger partial charge in [0.15, 0.2) is 0 Å². The van der Waals surface area contributed by atoms with E-state index in [1.165, 1.54) is 12.1 Å². The molecular formula is C14H11Cl2N3O2S. The Labute approximate surface area is 141 Å². The van der Waals surface area contributed by atoms with Gasteiger partial charge in [-0.15, -0.1) is 0 Å². The fourth-order valence-electron chi connectivity index (χ4n) is 2.17. The molecule has 22 heavy (non-hydrogen) atoms. The van der Waals surface area contributed by atoms with Crippen molar-refractivity contribution in [2.24, 2.45) is 0 Å². The van der Waals surface area contributed by atoms with Gasteiger partial charge in [-0.1, -0.05) is 41.4 Å². The molecule has 1 fully saturated rings. The molecule has 2 aromatic carbocycles. The molecule has 3 rings (SSSR count). The van der Waals surface area contributed by atoms with Gasteiger partial charge in [-0.2, -0.15) is 0 Å². The summed E-state index contributed by atoms with van der Waals surface area (Å²) in [6, 6.07) is 11.9. The van der Waals surface area contributed by atoms with E-state index in [2.05, 4.69) is 5.43 Å². The Morgan fingerprint density at radius 3 is 2.41 bits per heavy atom. The Kier molecular flexibility index (Phi) is 4.44. The zero-order valence-corrected chi connectivity index (χ0v) is 13.5. The van der Waals surface area contributed by atoms with E-state index in [1.54, 1.807) is 42.3 Å². The van der Waals surface area contributed by atoms with Crippen molar-refractivity contribution in [2.75, 3.05) is 11.0 Å². The fraction of sp³-hybridized carbons (Fsp3) is 0.143. The molecule has 0 radical (unpaired) electrons. The van der Waals surface area contributed by atoms with Crippen LogP contribution in [-0.4, -0.2) is 11.5 Å². The third kappa shape index (κ3) is 3.01. The Morgan fingerprint density at radius 1 is 1.18 bits per heavy atom. The number of para-hydroxylation sites is 1. The maximum Gasteiger partial charge on any atom is 0.269 e. The summed E-state index contributed by atoms with van der Waals surface area (Å²) < 4.78 is 1.84. The Bertz CT molecular complexity index is 691. The summed E-state index contributed by atoms with van der Waals surface area (Å²) in [4.78, 5) is 10.3. The van der Waals surface area contributed by atoms with Crippen molar-refractivity contribution in [1.29, 1.82) is 0 Å². The van der Waals surface area contributed by atoms with Crippen LogP contribution in [0.2, 0.25) is 10.0 Å². The Hall–Kier alpha value is -1.47. The first-order chi connectivity index (χ1) is 10.6. The summed E-state index contributed by atoms with van der Waals surface area (Å²) in [6.07, 6.45) is 0. The number of benzene rings is 2. The number of anilines is 1. The zero-order chi connectivity index (χ0) is 15.7. The second kappa shape index (κ2) is 6.34. The minimum absolute atomic E-state index is 0.0886. The third-order valence-corrected chi connectivity index (χ3v) is 5.10. The highest BCUT2D eigenvalue weighted by molar-refractivity contribution is 8.01. The molecule has 0 spiro atoms. The highest BCUT2D eigenvalue weighted by Crippen LogP contribution is 2.43. The molecule has 1 N–H and O–H groups in total. The van der Waals surface area contributed by atoms with Crippen molar-refractivity contribution >= 4 is 46.5 Å². The maximum absolute atomic E-state index is 10.7. The molecule has 1 unspecified atom stereocenters. The minimum atomic E-state index is -0.403. The molecule has 0 aliphatic carbocycles. The molecule has 1 heterocycles. The van der Waals surface area contributed by atoms with Gasteiger partial charge in [0.1, 0.15) is 5.69 Å². The van der Waals surface area contributed by atoms with Crippen LogP contribution < -0.4 is 9.84 Å². The minimum Gasteiger partial charge on any atom is -0.258 e. The van der Waals surface area contributed by atoms with Gasteiger partial charge in [-0.05, 0) is 29.6 Å². The fourth-order valence-corrected chi connectivity index (χ4v) is 3.97. The number of nitrogens with one attached hydrogen (secondary N) is 1. The van der Waals surface area contributed by atoms with Crippen LogP contribution in [0.5, 0.6) is 0 Å². The maximum atomic E-state index is 10.7. The van der Waals surface area contributed by atoms with Gasteiger partial charge >= 0.3 is 0 Å². The largest absolute Gasteiger partial charge is 0.269 e.